The number of rotatable bonds is 8. The van der Waals surface area contributed by atoms with Gasteiger partial charge in [0.2, 0.25) is 5.91 Å². The molecule has 0 saturated carbocycles. The lowest BCUT2D eigenvalue weighted by molar-refractivity contribution is -0.137. The maximum Gasteiger partial charge on any atom is 0.303 e. The topological polar surface area (TPSA) is 69.6 Å². The number of nitrogens with zero attached hydrogens (tertiary/aromatic N) is 1. The molecule has 0 radical (unpaired) electrons. The van der Waals surface area contributed by atoms with Crippen molar-refractivity contribution in [2.24, 2.45) is 0 Å². The zero-order valence-corrected chi connectivity index (χ0v) is 9.45. The quantitative estimate of drug-likeness (QED) is 0.612. The van der Waals surface area contributed by atoms with E-state index in [0.717, 1.165) is 6.42 Å². The summed E-state index contributed by atoms with van der Waals surface area (Å²) in [6, 6.07) is 0. The summed E-state index contributed by atoms with van der Waals surface area (Å²) in [7, 11) is 1.81. The number of likely N-dealkylation sites (N-methyl/N-ethyl adjacent to an activating group) is 1. The minimum Gasteiger partial charge on any atom is -0.481 e. The maximum absolute atomic E-state index is 11.2. The van der Waals surface area contributed by atoms with Gasteiger partial charge in [-0.1, -0.05) is 6.92 Å². The maximum atomic E-state index is 11.2. The van der Waals surface area contributed by atoms with Crippen LogP contribution in [0.15, 0.2) is 0 Å². The van der Waals surface area contributed by atoms with Gasteiger partial charge in [-0.05, 0) is 26.4 Å². The molecule has 0 bridgehead atoms. The van der Waals surface area contributed by atoms with Crippen molar-refractivity contribution in [2.45, 2.75) is 26.2 Å². The van der Waals surface area contributed by atoms with E-state index in [4.69, 9.17) is 5.11 Å². The lowest BCUT2D eigenvalue weighted by Gasteiger charge is -2.15. The second kappa shape index (κ2) is 8.23. The Morgan fingerprint density at radius 3 is 2.60 bits per heavy atom. The van der Waals surface area contributed by atoms with Gasteiger partial charge in [0, 0.05) is 13.0 Å². The van der Waals surface area contributed by atoms with Gasteiger partial charge in [0.1, 0.15) is 0 Å². The summed E-state index contributed by atoms with van der Waals surface area (Å²) in [5.74, 6) is -0.798. The van der Waals surface area contributed by atoms with Crippen LogP contribution in [0.4, 0.5) is 0 Å². The Kier molecular flexibility index (Phi) is 7.62. The lowest BCUT2D eigenvalue weighted by atomic mass is 10.3. The van der Waals surface area contributed by atoms with Crippen LogP contribution < -0.4 is 5.32 Å². The lowest BCUT2D eigenvalue weighted by Crippen LogP contribution is -2.35. The fourth-order valence-corrected chi connectivity index (χ4v) is 1.14. The third kappa shape index (κ3) is 9.21. The molecule has 0 aliphatic carbocycles. The van der Waals surface area contributed by atoms with Gasteiger partial charge in [-0.3, -0.25) is 14.5 Å². The molecule has 0 atom stereocenters. The molecule has 88 valence electrons. The smallest absolute Gasteiger partial charge is 0.303 e. The first-order chi connectivity index (χ1) is 7.06. The molecule has 5 nitrogen and oxygen atoms in total. The molecule has 0 heterocycles. The van der Waals surface area contributed by atoms with E-state index >= 15 is 0 Å². The Bertz CT molecular complexity index is 207. The summed E-state index contributed by atoms with van der Waals surface area (Å²) < 4.78 is 0. The Morgan fingerprint density at radius 2 is 2.07 bits per heavy atom. The first-order valence-corrected chi connectivity index (χ1v) is 5.23. The SMILES string of the molecule is CCCNC(=O)CN(C)CCCC(=O)O. The summed E-state index contributed by atoms with van der Waals surface area (Å²) >= 11 is 0. The predicted molar refractivity (Wildman–Crippen MR) is 57.7 cm³/mol. The van der Waals surface area contributed by atoms with Gasteiger partial charge in [0.05, 0.1) is 6.54 Å². The molecule has 0 spiro atoms. The van der Waals surface area contributed by atoms with E-state index in [9.17, 15) is 9.59 Å². The van der Waals surface area contributed by atoms with Crippen LogP contribution in [0, 0.1) is 0 Å². The van der Waals surface area contributed by atoms with Crippen LogP contribution in [0.25, 0.3) is 0 Å². The highest BCUT2D eigenvalue weighted by Gasteiger charge is 2.06. The van der Waals surface area contributed by atoms with Crippen molar-refractivity contribution < 1.29 is 14.7 Å². The molecule has 0 rings (SSSR count). The molecule has 0 aromatic rings. The van der Waals surface area contributed by atoms with Crippen molar-refractivity contribution in [1.29, 1.82) is 0 Å². The second-order valence-electron chi connectivity index (χ2n) is 3.59. The number of aliphatic carboxylic acids is 1. The van der Waals surface area contributed by atoms with Crippen molar-refractivity contribution >= 4 is 11.9 Å². The van der Waals surface area contributed by atoms with Gasteiger partial charge in [-0.25, -0.2) is 0 Å². The third-order valence-electron chi connectivity index (χ3n) is 1.92. The van der Waals surface area contributed by atoms with Crippen LogP contribution in [0.1, 0.15) is 26.2 Å². The standard InChI is InChI=1S/C10H20N2O3/c1-3-6-11-9(13)8-12(2)7-4-5-10(14)15/h3-8H2,1-2H3,(H,11,13)(H,14,15). The first kappa shape index (κ1) is 13.9. The van der Waals surface area contributed by atoms with E-state index in [-0.39, 0.29) is 12.3 Å². The minimum absolute atomic E-state index is 0.00493. The number of carboxylic acids is 1. The van der Waals surface area contributed by atoms with E-state index < -0.39 is 5.97 Å². The first-order valence-electron chi connectivity index (χ1n) is 5.23. The van der Waals surface area contributed by atoms with Gasteiger partial charge in [-0.15, -0.1) is 0 Å². The zero-order chi connectivity index (χ0) is 11.7. The number of amides is 1. The fourth-order valence-electron chi connectivity index (χ4n) is 1.14. The van der Waals surface area contributed by atoms with E-state index in [2.05, 4.69) is 5.32 Å². The third-order valence-corrected chi connectivity index (χ3v) is 1.92. The van der Waals surface area contributed by atoms with Gasteiger partial charge in [-0.2, -0.15) is 0 Å². The zero-order valence-electron chi connectivity index (χ0n) is 9.45. The van der Waals surface area contributed by atoms with Crippen molar-refractivity contribution in [3.63, 3.8) is 0 Å². The Labute approximate surface area is 90.5 Å². The molecule has 5 heteroatoms. The van der Waals surface area contributed by atoms with Gasteiger partial charge in [0.15, 0.2) is 0 Å². The summed E-state index contributed by atoms with van der Waals surface area (Å²) in [5, 5.41) is 11.2. The summed E-state index contributed by atoms with van der Waals surface area (Å²) in [6.07, 6.45) is 1.66. The van der Waals surface area contributed by atoms with E-state index in [0.29, 0.717) is 26.1 Å². The van der Waals surface area contributed by atoms with Crippen molar-refractivity contribution in [3.05, 3.63) is 0 Å². The van der Waals surface area contributed by atoms with E-state index in [1.165, 1.54) is 0 Å². The molecule has 0 aliphatic rings. The summed E-state index contributed by atoms with van der Waals surface area (Å²) in [4.78, 5) is 23.3. The highest BCUT2D eigenvalue weighted by Crippen LogP contribution is 1.92. The summed E-state index contributed by atoms with van der Waals surface area (Å²) in [6.45, 7) is 3.66. The van der Waals surface area contributed by atoms with Gasteiger partial charge < -0.3 is 10.4 Å². The molecule has 0 aromatic heterocycles. The van der Waals surface area contributed by atoms with Crippen molar-refractivity contribution in [2.75, 3.05) is 26.7 Å². The molecular formula is C10H20N2O3. The molecule has 0 fully saturated rings. The molecular weight excluding hydrogens is 196 g/mol. The van der Waals surface area contributed by atoms with Crippen molar-refractivity contribution in [1.82, 2.24) is 10.2 Å². The highest BCUT2D eigenvalue weighted by molar-refractivity contribution is 5.77. The number of nitrogens with one attached hydrogen (secondary N) is 1. The molecule has 1 amide bonds. The average molecular weight is 216 g/mol. The minimum atomic E-state index is -0.793. The molecule has 2 N–H and O–H groups in total. The van der Waals surface area contributed by atoms with Crippen LogP contribution in [0.3, 0.4) is 0 Å². The number of carbonyl (C=O) groups is 2. The van der Waals surface area contributed by atoms with Gasteiger partial charge >= 0.3 is 5.97 Å². The number of hydrogen-bond donors (Lipinski definition) is 2. The van der Waals surface area contributed by atoms with E-state index in [1.807, 2.05) is 18.9 Å². The van der Waals surface area contributed by atoms with Crippen molar-refractivity contribution in [3.8, 4) is 0 Å². The Morgan fingerprint density at radius 1 is 1.40 bits per heavy atom. The predicted octanol–water partition coefficient (Wildman–Crippen LogP) is 0.309. The fraction of sp³-hybridized carbons (Fsp3) is 0.800. The van der Waals surface area contributed by atoms with Crippen LogP contribution in [0.2, 0.25) is 0 Å². The molecule has 0 aliphatic heterocycles. The summed E-state index contributed by atoms with van der Waals surface area (Å²) in [5.41, 5.74) is 0. The number of hydrogen-bond acceptors (Lipinski definition) is 3. The largest absolute Gasteiger partial charge is 0.481 e. The highest BCUT2D eigenvalue weighted by atomic mass is 16.4. The number of carbonyl (C=O) groups excluding carboxylic acids is 1. The van der Waals surface area contributed by atoms with E-state index in [1.54, 1.807) is 0 Å². The van der Waals surface area contributed by atoms with Crippen LogP contribution in [-0.4, -0.2) is 48.6 Å². The van der Waals surface area contributed by atoms with Gasteiger partial charge in [0.25, 0.3) is 0 Å². The van der Waals surface area contributed by atoms with Crippen LogP contribution in [-0.2, 0) is 9.59 Å². The molecule has 15 heavy (non-hydrogen) atoms. The Balaban J connectivity index is 3.50. The normalized spacial score (nSPS) is 10.3. The van der Waals surface area contributed by atoms with Crippen LogP contribution >= 0.6 is 0 Å². The van der Waals surface area contributed by atoms with Crippen LogP contribution in [0.5, 0.6) is 0 Å². The monoisotopic (exact) mass is 216 g/mol. The average Bonchev–Trinajstić information content (AvgIpc) is 2.14. The molecule has 0 unspecified atom stereocenters. The second-order valence-corrected chi connectivity index (χ2v) is 3.59. The molecule has 0 aromatic carbocycles. The Hall–Kier alpha value is -1.10. The number of carboxylic acid groups (broad SMARTS) is 1. The molecule has 0 saturated heterocycles.